The molecule has 0 aliphatic heterocycles. The lowest BCUT2D eigenvalue weighted by atomic mass is 10.3. The highest BCUT2D eigenvalue weighted by atomic mass is 35.5. The maximum atomic E-state index is 10.7. The van der Waals surface area contributed by atoms with Gasteiger partial charge in [0.05, 0.1) is 6.61 Å². The van der Waals surface area contributed by atoms with Crippen LogP contribution in [0.15, 0.2) is 0 Å². The Morgan fingerprint density at radius 2 is 2.18 bits per heavy atom. The van der Waals surface area contributed by atoms with Gasteiger partial charge in [-0.25, -0.2) is 0 Å². The summed E-state index contributed by atoms with van der Waals surface area (Å²) in [6, 6.07) is -0.489. The third kappa shape index (κ3) is 7.62. The SMILES string of the molecule is CCCCOC(=O)[C@@H](C)N.Cl. The second-order valence-electron chi connectivity index (χ2n) is 2.31. The molecule has 68 valence electrons. The summed E-state index contributed by atoms with van der Waals surface area (Å²) >= 11 is 0. The van der Waals surface area contributed by atoms with E-state index in [0.29, 0.717) is 6.61 Å². The predicted molar refractivity (Wildman–Crippen MR) is 46.8 cm³/mol. The second-order valence-corrected chi connectivity index (χ2v) is 2.31. The highest BCUT2D eigenvalue weighted by Crippen LogP contribution is 1.90. The van der Waals surface area contributed by atoms with E-state index in [1.54, 1.807) is 6.92 Å². The molecule has 0 aromatic heterocycles. The molecule has 0 rings (SSSR count). The molecule has 0 aliphatic rings. The fourth-order valence-electron chi connectivity index (χ4n) is 0.449. The van der Waals surface area contributed by atoms with Gasteiger partial charge in [-0.2, -0.15) is 0 Å². The Morgan fingerprint density at radius 3 is 2.55 bits per heavy atom. The summed E-state index contributed by atoms with van der Waals surface area (Å²) in [4.78, 5) is 10.7. The molecule has 0 saturated heterocycles. The van der Waals surface area contributed by atoms with Gasteiger partial charge in [-0.05, 0) is 13.3 Å². The minimum Gasteiger partial charge on any atom is -0.465 e. The molecule has 0 amide bonds. The van der Waals surface area contributed by atoms with E-state index in [0.717, 1.165) is 12.8 Å². The number of carbonyl (C=O) groups excluding carboxylic acids is 1. The van der Waals surface area contributed by atoms with Crippen molar-refractivity contribution in [3.63, 3.8) is 0 Å². The fraction of sp³-hybridized carbons (Fsp3) is 0.857. The summed E-state index contributed by atoms with van der Waals surface area (Å²) in [5.74, 6) is -0.312. The highest BCUT2D eigenvalue weighted by Gasteiger charge is 2.06. The standard InChI is InChI=1S/C7H15NO2.ClH/c1-3-4-5-10-7(9)6(2)8;/h6H,3-5,8H2,1-2H3;1H/t6-;/m1./s1. The maximum Gasteiger partial charge on any atom is 0.322 e. The Labute approximate surface area is 73.7 Å². The second kappa shape index (κ2) is 7.82. The third-order valence-electron chi connectivity index (χ3n) is 1.11. The molecule has 0 unspecified atom stereocenters. The van der Waals surface area contributed by atoms with Crippen LogP contribution in [0.3, 0.4) is 0 Å². The van der Waals surface area contributed by atoms with Crippen LogP contribution in [-0.4, -0.2) is 18.6 Å². The lowest BCUT2D eigenvalue weighted by Crippen LogP contribution is -2.28. The molecule has 0 aromatic rings. The number of nitrogens with two attached hydrogens (primary N) is 1. The minimum atomic E-state index is -0.489. The first kappa shape index (κ1) is 13.3. The molecular weight excluding hydrogens is 166 g/mol. The zero-order valence-electron chi connectivity index (χ0n) is 7.00. The molecule has 0 saturated carbocycles. The molecular formula is C7H16ClNO2. The van der Waals surface area contributed by atoms with Crippen LogP contribution in [0.25, 0.3) is 0 Å². The molecule has 0 heterocycles. The summed E-state index contributed by atoms with van der Waals surface area (Å²) < 4.78 is 4.78. The molecule has 11 heavy (non-hydrogen) atoms. The molecule has 0 aromatic carbocycles. The van der Waals surface area contributed by atoms with Gasteiger partial charge < -0.3 is 10.5 Å². The first-order valence-corrected chi connectivity index (χ1v) is 3.60. The number of rotatable bonds is 4. The van der Waals surface area contributed by atoms with Gasteiger partial charge in [-0.1, -0.05) is 13.3 Å². The smallest absolute Gasteiger partial charge is 0.322 e. The van der Waals surface area contributed by atoms with E-state index in [-0.39, 0.29) is 18.4 Å². The quantitative estimate of drug-likeness (QED) is 0.522. The van der Waals surface area contributed by atoms with Gasteiger partial charge in [0, 0.05) is 0 Å². The summed E-state index contributed by atoms with van der Waals surface area (Å²) in [6.45, 7) is 4.16. The zero-order chi connectivity index (χ0) is 7.98. The molecule has 0 aliphatic carbocycles. The number of ether oxygens (including phenoxy) is 1. The molecule has 0 fully saturated rings. The first-order valence-electron chi connectivity index (χ1n) is 3.60. The van der Waals surface area contributed by atoms with Crippen molar-refractivity contribution in [3.05, 3.63) is 0 Å². The van der Waals surface area contributed by atoms with Crippen LogP contribution in [0.2, 0.25) is 0 Å². The Hall–Kier alpha value is -0.280. The molecule has 3 nitrogen and oxygen atoms in total. The van der Waals surface area contributed by atoms with E-state index < -0.39 is 6.04 Å². The van der Waals surface area contributed by atoms with Crippen LogP contribution in [0.1, 0.15) is 26.7 Å². The number of hydrogen-bond acceptors (Lipinski definition) is 3. The van der Waals surface area contributed by atoms with Crippen LogP contribution < -0.4 is 5.73 Å². The van der Waals surface area contributed by atoms with Crippen LogP contribution in [0.5, 0.6) is 0 Å². The number of esters is 1. The van der Waals surface area contributed by atoms with Gasteiger partial charge in [0.2, 0.25) is 0 Å². The molecule has 0 radical (unpaired) electrons. The lowest BCUT2D eigenvalue weighted by molar-refractivity contribution is -0.144. The lowest BCUT2D eigenvalue weighted by Gasteiger charge is -2.04. The van der Waals surface area contributed by atoms with Crippen molar-refractivity contribution in [2.24, 2.45) is 5.73 Å². The Balaban J connectivity index is 0. The largest absolute Gasteiger partial charge is 0.465 e. The summed E-state index contributed by atoms with van der Waals surface area (Å²) in [5.41, 5.74) is 5.24. The van der Waals surface area contributed by atoms with Crippen molar-refractivity contribution in [2.75, 3.05) is 6.61 Å². The number of hydrogen-bond donors (Lipinski definition) is 1. The zero-order valence-corrected chi connectivity index (χ0v) is 7.82. The predicted octanol–water partition coefficient (Wildman–Crippen LogP) is 1.10. The van der Waals surface area contributed by atoms with Crippen molar-refractivity contribution < 1.29 is 9.53 Å². The third-order valence-corrected chi connectivity index (χ3v) is 1.11. The number of halogens is 1. The van der Waals surface area contributed by atoms with Gasteiger partial charge in [-0.3, -0.25) is 4.79 Å². The van der Waals surface area contributed by atoms with Gasteiger partial charge >= 0.3 is 5.97 Å². The van der Waals surface area contributed by atoms with E-state index in [1.807, 2.05) is 6.92 Å². The van der Waals surface area contributed by atoms with Gasteiger partial charge in [-0.15, -0.1) is 12.4 Å². The monoisotopic (exact) mass is 181 g/mol. The van der Waals surface area contributed by atoms with E-state index >= 15 is 0 Å². The summed E-state index contributed by atoms with van der Waals surface area (Å²) in [7, 11) is 0. The molecule has 0 bridgehead atoms. The fourth-order valence-corrected chi connectivity index (χ4v) is 0.449. The average Bonchev–Trinajstić information content (AvgIpc) is 1.88. The topological polar surface area (TPSA) is 52.3 Å². The highest BCUT2D eigenvalue weighted by molar-refractivity contribution is 5.85. The first-order chi connectivity index (χ1) is 4.68. The Morgan fingerprint density at radius 1 is 1.64 bits per heavy atom. The van der Waals surface area contributed by atoms with Gasteiger partial charge in [0.15, 0.2) is 0 Å². The Kier molecular flexibility index (Phi) is 9.47. The van der Waals surface area contributed by atoms with Crippen LogP contribution in [-0.2, 0) is 9.53 Å². The average molecular weight is 182 g/mol. The van der Waals surface area contributed by atoms with E-state index in [4.69, 9.17) is 10.5 Å². The van der Waals surface area contributed by atoms with Crippen LogP contribution in [0, 0.1) is 0 Å². The molecule has 2 N–H and O–H groups in total. The van der Waals surface area contributed by atoms with Crippen molar-refractivity contribution in [3.8, 4) is 0 Å². The van der Waals surface area contributed by atoms with Crippen molar-refractivity contribution in [1.82, 2.24) is 0 Å². The summed E-state index contributed by atoms with van der Waals surface area (Å²) in [6.07, 6.45) is 1.95. The maximum absolute atomic E-state index is 10.7. The van der Waals surface area contributed by atoms with Crippen molar-refractivity contribution >= 4 is 18.4 Å². The molecule has 0 spiro atoms. The van der Waals surface area contributed by atoms with Crippen LogP contribution in [0.4, 0.5) is 0 Å². The summed E-state index contributed by atoms with van der Waals surface area (Å²) in [5, 5.41) is 0. The van der Waals surface area contributed by atoms with E-state index in [9.17, 15) is 4.79 Å². The Bertz CT molecular complexity index is 107. The van der Waals surface area contributed by atoms with E-state index in [2.05, 4.69) is 0 Å². The number of unbranched alkanes of at least 4 members (excludes halogenated alkanes) is 1. The van der Waals surface area contributed by atoms with Gasteiger partial charge in [0.1, 0.15) is 6.04 Å². The van der Waals surface area contributed by atoms with Crippen molar-refractivity contribution in [1.29, 1.82) is 0 Å². The normalized spacial score (nSPS) is 11.5. The van der Waals surface area contributed by atoms with Crippen LogP contribution >= 0.6 is 12.4 Å². The van der Waals surface area contributed by atoms with E-state index in [1.165, 1.54) is 0 Å². The minimum absolute atomic E-state index is 0. The number of carbonyl (C=O) groups is 1. The molecule has 1 atom stereocenters. The molecule has 4 heteroatoms. The van der Waals surface area contributed by atoms with Gasteiger partial charge in [0.25, 0.3) is 0 Å². The van der Waals surface area contributed by atoms with Crippen molar-refractivity contribution in [2.45, 2.75) is 32.7 Å².